The molecule has 0 spiro atoms. The van der Waals surface area contributed by atoms with Crippen LogP contribution >= 0.6 is 27.7 Å². The van der Waals surface area contributed by atoms with Gasteiger partial charge >= 0.3 is 0 Å². The Kier molecular flexibility index (Phi) is 3.78. The van der Waals surface area contributed by atoms with Gasteiger partial charge in [-0.2, -0.15) is 0 Å². The van der Waals surface area contributed by atoms with Crippen LogP contribution < -0.4 is 0 Å². The Balaban J connectivity index is 1.60. The van der Waals surface area contributed by atoms with Crippen LogP contribution in [0.15, 0.2) is 29.2 Å². The maximum absolute atomic E-state index is 3.58. The molecular formula is C14H18BrNS. The normalized spacial score (nSPS) is 23.1. The van der Waals surface area contributed by atoms with Crippen molar-refractivity contribution in [2.45, 2.75) is 35.4 Å². The standard InChI is InChI=1S/C14H18BrNS/c15-7-8-16(12-5-6-12)10-13-9-11-3-1-2-4-14(11)17-13/h1-4,12-13H,5-10H2. The lowest BCUT2D eigenvalue weighted by Crippen LogP contribution is -2.34. The summed E-state index contributed by atoms with van der Waals surface area (Å²) in [5.74, 6) is 0. The van der Waals surface area contributed by atoms with Crippen molar-refractivity contribution in [3.63, 3.8) is 0 Å². The quantitative estimate of drug-likeness (QED) is 0.765. The van der Waals surface area contributed by atoms with E-state index in [9.17, 15) is 0 Å². The SMILES string of the molecule is BrCCN(CC1Cc2ccccc2S1)C1CC1. The van der Waals surface area contributed by atoms with Crippen molar-refractivity contribution in [2.24, 2.45) is 0 Å². The molecule has 1 aliphatic carbocycles. The molecule has 3 heteroatoms. The average molecular weight is 312 g/mol. The van der Waals surface area contributed by atoms with Crippen LogP contribution in [0.4, 0.5) is 0 Å². The lowest BCUT2D eigenvalue weighted by atomic mass is 10.1. The molecule has 1 fully saturated rings. The van der Waals surface area contributed by atoms with E-state index in [0.717, 1.165) is 16.6 Å². The van der Waals surface area contributed by atoms with Gasteiger partial charge in [-0.25, -0.2) is 0 Å². The molecule has 1 atom stereocenters. The lowest BCUT2D eigenvalue weighted by molar-refractivity contribution is 0.282. The van der Waals surface area contributed by atoms with E-state index < -0.39 is 0 Å². The van der Waals surface area contributed by atoms with Crippen LogP contribution in [0.2, 0.25) is 0 Å². The van der Waals surface area contributed by atoms with Crippen LogP contribution in [0.5, 0.6) is 0 Å². The van der Waals surface area contributed by atoms with Gasteiger partial charge in [0.1, 0.15) is 0 Å². The predicted molar refractivity (Wildman–Crippen MR) is 78.2 cm³/mol. The molecule has 1 heterocycles. The van der Waals surface area contributed by atoms with E-state index in [0.29, 0.717) is 0 Å². The van der Waals surface area contributed by atoms with Crippen LogP contribution in [-0.4, -0.2) is 34.6 Å². The third kappa shape index (κ3) is 2.88. The molecule has 1 saturated carbocycles. The largest absolute Gasteiger partial charge is 0.298 e. The smallest absolute Gasteiger partial charge is 0.0263 e. The summed E-state index contributed by atoms with van der Waals surface area (Å²) in [6, 6.07) is 9.77. The summed E-state index contributed by atoms with van der Waals surface area (Å²) in [5.41, 5.74) is 1.55. The van der Waals surface area contributed by atoms with Gasteiger partial charge in [0, 0.05) is 34.6 Å². The minimum atomic E-state index is 0.770. The van der Waals surface area contributed by atoms with Crippen LogP contribution in [-0.2, 0) is 6.42 Å². The first-order valence-electron chi connectivity index (χ1n) is 6.41. The number of benzene rings is 1. The Hall–Kier alpha value is 0.01000. The maximum Gasteiger partial charge on any atom is 0.0263 e. The summed E-state index contributed by atoms with van der Waals surface area (Å²) < 4.78 is 0. The van der Waals surface area contributed by atoms with Gasteiger partial charge in [-0.3, -0.25) is 4.90 Å². The first-order chi connectivity index (χ1) is 8.36. The van der Waals surface area contributed by atoms with Gasteiger partial charge in [0.15, 0.2) is 0 Å². The molecule has 0 amide bonds. The zero-order valence-corrected chi connectivity index (χ0v) is 12.3. The molecule has 92 valence electrons. The van der Waals surface area contributed by atoms with Gasteiger partial charge in [-0.15, -0.1) is 11.8 Å². The van der Waals surface area contributed by atoms with Gasteiger partial charge < -0.3 is 0 Å². The van der Waals surface area contributed by atoms with Crippen molar-refractivity contribution in [2.75, 3.05) is 18.4 Å². The number of rotatable bonds is 5. The molecule has 1 unspecified atom stereocenters. The fourth-order valence-corrected chi connectivity index (χ4v) is 4.39. The number of thioether (sulfide) groups is 1. The average Bonchev–Trinajstić information content (AvgIpc) is 3.09. The zero-order chi connectivity index (χ0) is 11.7. The van der Waals surface area contributed by atoms with Crippen molar-refractivity contribution in [3.8, 4) is 0 Å². The van der Waals surface area contributed by atoms with Gasteiger partial charge in [-0.05, 0) is 30.9 Å². The number of halogens is 1. The van der Waals surface area contributed by atoms with E-state index in [-0.39, 0.29) is 0 Å². The summed E-state index contributed by atoms with van der Waals surface area (Å²) in [5, 5.41) is 1.88. The van der Waals surface area contributed by atoms with E-state index in [1.165, 1.54) is 37.2 Å². The first-order valence-corrected chi connectivity index (χ1v) is 8.41. The summed E-state index contributed by atoms with van der Waals surface area (Å²) in [6.07, 6.45) is 4.08. The van der Waals surface area contributed by atoms with Crippen molar-refractivity contribution in [3.05, 3.63) is 29.8 Å². The van der Waals surface area contributed by atoms with Crippen LogP contribution in [0.25, 0.3) is 0 Å². The topological polar surface area (TPSA) is 3.24 Å². The van der Waals surface area contributed by atoms with Gasteiger partial charge in [0.05, 0.1) is 0 Å². The molecule has 3 rings (SSSR count). The molecule has 0 aromatic heterocycles. The monoisotopic (exact) mass is 311 g/mol. The van der Waals surface area contributed by atoms with Crippen LogP contribution in [0.1, 0.15) is 18.4 Å². The van der Waals surface area contributed by atoms with Crippen molar-refractivity contribution < 1.29 is 0 Å². The third-order valence-corrected chi connectivity index (χ3v) is 5.24. The van der Waals surface area contributed by atoms with Crippen LogP contribution in [0, 0.1) is 0 Å². The number of fused-ring (bicyclic) bond motifs is 1. The number of hydrogen-bond donors (Lipinski definition) is 0. The van der Waals surface area contributed by atoms with E-state index in [1.54, 1.807) is 5.56 Å². The molecule has 0 bridgehead atoms. The van der Waals surface area contributed by atoms with Gasteiger partial charge in [-0.1, -0.05) is 34.1 Å². The zero-order valence-electron chi connectivity index (χ0n) is 9.94. The summed E-state index contributed by atoms with van der Waals surface area (Å²) in [7, 11) is 0. The molecule has 2 aliphatic rings. The van der Waals surface area contributed by atoms with Crippen molar-refractivity contribution >= 4 is 27.7 Å². The highest BCUT2D eigenvalue weighted by Gasteiger charge is 2.32. The second-order valence-electron chi connectivity index (χ2n) is 4.97. The molecule has 0 saturated heterocycles. The molecule has 1 nitrogen and oxygen atoms in total. The minimum Gasteiger partial charge on any atom is -0.298 e. The molecule has 1 aromatic carbocycles. The second kappa shape index (κ2) is 5.33. The van der Waals surface area contributed by atoms with E-state index in [2.05, 4.69) is 56.9 Å². The van der Waals surface area contributed by atoms with Crippen molar-refractivity contribution in [1.29, 1.82) is 0 Å². The van der Waals surface area contributed by atoms with Gasteiger partial charge in [0.25, 0.3) is 0 Å². The maximum atomic E-state index is 3.58. The molecule has 0 radical (unpaired) electrons. The Morgan fingerprint density at radius 2 is 2.12 bits per heavy atom. The summed E-state index contributed by atoms with van der Waals surface area (Å²) >= 11 is 5.65. The van der Waals surface area contributed by atoms with Crippen LogP contribution in [0.3, 0.4) is 0 Å². The predicted octanol–water partition coefficient (Wildman–Crippen LogP) is 3.56. The fourth-order valence-electron chi connectivity index (χ4n) is 2.59. The highest BCUT2D eigenvalue weighted by molar-refractivity contribution is 9.09. The Labute approximate surface area is 116 Å². The number of nitrogens with zero attached hydrogens (tertiary/aromatic N) is 1. The van der Waals surface area contributed by atoms with Gasteiger partial charge in [0.2, 0.25) is 0 Å². The third-order valence-electron chi connectivity index (χ3n) is 3.59. The Bertz CT molecular complexity index is 367. The molecular weight excluding hydrogens is 294 g/mol. The molecule has 1 aromatic rings. The number of alkyl halides is 1. The summed E-state index contributed by atoms with van der Waals surface area (Å²) in [4.78, 5) is 4.19. The molecule has 1 aliphatic heterocycles. The minimum absolute atomic E-state index is 0.770. The first kappa shape index (κ1) is 12.1. The Morgan fingerprint density at radius 1 is 1.29 bits per heavy atom. The lowest BCUT2D eigenvalue weighted by Gasteiger charge is -2.23. The van der Waals surface area contributed by atoms with E-state index in [1.807, 2.05) is 0 Å². The fraction of sp³-hybridized carbons (Fsp3) is 0.571. The highest BCUT2D eigenvalue weighted by atomic mass is 79.9. The van der Waals surface area contributed by atoms with E-state index in [4.69, 9.17) is 0 Å². The number of hydrogen-bond acceptors (Lipinski definition) is 2. The summed E-state index contributed by atoms with van der Waals surface area (Å²) in [6.45, 7) is 2.47. The highest BCUT2D eigenvalue weighted by Crippen LogP contribution is 2.38. The second-order valence-corrected chi connectivity index (χ2v) is 7.10. The Morgan fingerprint density at radius 3 is 2.82 bits per heavy atom. The van der Waals surface area contributed by atoms with Crippen molar-refractivity contribution in [1.82, 2.24) is 4.90 Å². The molecule has 17 heavy (non-hydrogen) atoms. The molecule has 0 N–H and O–H groups in total. The van der Waals surface area contributed by atoms with E-state index >= 15 is 0 Å².